The van der Waals surface area contributed by atoms with Crippen LogP contribution >= 0.6 is 0 Å². The largest absolute Gasteiger partial charge is 0.496 e. The van der Waals surface area contributed by atoms with Crippen molar-refractivity contribution in [2.24, 2.45) is 0 Å². The number of carbonyl (C=O) groups is 1. The molecule has 3 rings (SSSR count). The van der Waals surface area contributed by atoms with Crippen LogP contribution in [0.2, 0.25) is 0 Å². The van der Waals surface area contributed by atoms with Crippen molar-refractivity contribution >= 4 is 23.1 Å². The van der Waals surface area contributed by atoms with Crippen LogP contribution in [0.15, 0.2) is 24.4 Å². The molecule has 0 aliphatic heterocycles. The second-order valence-corrected chi connectivity index (χ2v) is 7.34. The van der Waals surface area contributed by atoms with E-state index in [-0.39, 0.29) is 25.0 Å². The molecule has 0 bridgehead atoms. The molecule has 3 aromatic rings. The van der Waals surface area contributed by atoms with Crippen LogP contribution in [0.4, 0.5) is 10.7 Å². The minimum absolute atomic E-state index is 0.0892. The molecule has 1 amide bonds. The first-order chi connectivity index (χ1) is 13.7. The average Bonchev–Trinajstić information content (AvgIpc) is 3.03. The van der Waals surface area contributed by atoms with Crippen molar-refractivity contribution in [3.05, 3.63) is 35.5 Å². The van der Waals surface area contributed by atoms with Gasteiger partial charge in [-0.05, 0) is 32.4 Å². The molecule has 10 nitrogen and oxygen atoms in total. The fraction of sp³-hybridized carbons (Fsp3) is 0.368. The Morgan fingerprint density at radius 3 is 2.69 bits per heavy atom. The predicted octanol–water partition coefficient (Wildman–Crippen LogP) is 2.43. The number of nitrogens with zero attached hydrogens (tertiary/aromatic N) is 4. The number of nitrogens with one attached hydrogen (secondary N) is 1. The molecule has 0 atom stereocenters. The number of anilines is 1. The van der Waals surface area contributed by atoms with Gasteiger partial charge >= 0.3 is 6.09 Å². The lowest BCUT2D eigenvalue weighted by atomic mass is 10.1. The number of aromatic nitrogens is 4. The molecule has 0 saturated carbocycles. The summed E-state index contributed by atoms with van der Waals surface area (Å²) in [7, 11) is 1.54. The van der Waals surface area contributed by atoms with E-state index in [1.807, 2.05) is 6.07 Å². The number of aliphatic hydroxyl groups excluding tert-OH is 1. The Kier molecular flexibility index (Phi) is 5.55. The summed E-state index contributed by atoms with van der Waals surface area (Å²) in [6.07, 6.45) is 0.739. The fourth-order valence-corrected chi connectivity index (χ4v) is 2.73. The topological polar surface area (TPSA) is 132 Å². The second kappa shape index (κ2) is 7.92. The van der Waals surface area contributed by atoms with Gasteiger partial charge in [0.1, 0.15) is 22.4 Å². The van der Waals surface area contributed by atoms with E-state index in [1.165, 1.54) is 18.0 Å². The van der Waals surface area contributed by atoms with Crippen LogP contribution in [0.3, 0.4) is 0 Å². The van der Waals surface area contributed by atoms with Gasteiger partial charge < -0.3 is 19.7 Å². The molecule has 2 aromatic heterocycles. The maximum Gasteiger partial charge on any atom is 0.414 e. The van der Waals surface area contributed by atoms with E-state index < -0.39 is 11.7 Å². The van der Waals surface area contributed by atoms with Crippen molar-refractivity contribution in [3.8, 4) is 11.6 Å². The van der Waals surface area contributed by atoms with Crippen LogP contribution in [0, 0.1) is 0 Å². The monoisotopic (exact) mass is 401 g/mol. The number of benzene rings is 1. The van der Waals surface area contributed by atoms with Gasteiger partial charge in [-0.2, -0.15) is 10.1 Å². The zero-order valence-corrected chi connectivity index (χ0v) is 16.6. The summed E-state index contributed by atoms with van der Waals surface area (Å²) in [5.74, 6) is 0.169. The van der Waals surface area contributed by atoms with Gasteiger partial charge in [0, 0.05) is 5.56 Å². The van der Waals surface area contributed by atoms with E-state index in [0.29, 0.717) is 16.8 Å². The van der Waals surface area contributed by atoms with Crippen molar-refractivity contribution < 1.29 is 24.5 Å². The van der Waals surface area contributed by atoms with Crippen LogP contribution in [-0.2, 0) is 17.9 Å². The van der Waals surface area contributed by atoms with Crippen molar-refractivity contribution in [1.82, 2.24) is 19.7 Å². The summed E-state index contributed by atoms with van der Waals surface area (Å²) >= 11 is 0. The van der Waals surface area contributed by atoms with Crippen LogP contribution in [0.1, 0.15) is 31.9 Å². The SMILES string of the molecule is COc1cc(CO)ccc1Cn1ncc2nc(NC(=O)OC(C)(C)C)nc(O)c21. The van der Waals surface area contributed by atoms with Gasteiger partial charge in [0.2, 0.25) is 11.8 Å². The zero-order chi connectivity index (χ0) is 21.2. The molecular formula is C19H23N5O5. The first kappa shape index (κ1) is 20.3. The van der Waals surface area contributed by atoms with Gasteiger partial charge in [-0.3, -0.25) is 10.00 Å². The number of hydrogen-bond donors (Lipinski definition) is 3. The molecule has 3 N–H and O–H groups in total. The molecule has 0 unspecified atom stereocenters. The highest BCUT2D eigenvalue weighted by Gasteiger charge is 2.19. The normalized spacial score (nSPS) is 11.5. The number of ether oxygens (including phenoxy) is 2. The average molecular weight is 401 g/mol. The smallest absolute Gasteiger partial charge is 0.414 e. The summed E-state index contributed by atoms with van der Waals surface area (Å²) in [5.41, 5.74) is 1.51. The molecule has 0 radical (unpaired) electrons. The third kappa shape index (κ3) is 4.72. The summed E-state index contributed by atoms with van der Waals surface area (Å²) in [6.45, 7) is 5.40. The molecule has 0 saturated heterocycles. The first-order valence-corrected chi connectivity index (χ1v) is 8.89. The summed E-state index contributed by atoms with van der Waals surface area (Å²) < 4.78 is 12.1. The molecule has 2 heterocycles. The lowest BCUT2D eigenvalue weighted by Crippen LogP contribution is -2.27. The van der Waals surface area contributed by atoms with Gasteiger partial charge in [-0.25, -0.2) is 9.78 Å². The third-order valence-electron chi connectivity index (χ3n) is 3.94. The van der Waals surface area contributed by atoms with E-state index in [4.69, 9.17) is 9.47 Å². The number of methoxy groups -OCH3 is 1. The molecule has 29 heavy (non-hydrogen) atoms. The third-order valence-corrected chi connectivity index (χ3v) is 3.94. The highest BCUT2D eigenvalue weighted by molar-refractivity contribution is 5.86. The molecule has 1 aromatic carbocycles. The number of aromatic hydroxyl groups is 1. The van der Waals surface area contributed by atoms with Crippen molar-refractivity contribution in [3.63, 3.8) is 0 Å². The minimum Gasteiger partial charge on any atom is -0.496 e. The van der Waals surface area contributed by atoms with Gasteiger partial charge in [0.05, 0.1) is 26.5 Å². The van der Waals surface area contributed by atoms with Crippen molar-refractivity contribution in [2.45, 2.75) is 39.5 Å². The molecule has 154 valence electrons. The molecule has 10 heteroatoms. The highest BCUT2D eigenvalue weighted by Crippen LogP contribution is 2.26. The standard InChI is InChI=1S/C19H23N5O5/c1-19(2,3)29-18(27)23-17-21-13-8-20-24(15(13)16(26)22-17)9-12-6-5-11(10-25)7-14(12)28-4/h5-8,25H,9-10H2,1-4H3,(H2,21,22,23,26,27). The molecule has 0 spiro atoms. The lowest BCUT2D eigenvalue weighted by Gasteiger charge is -2.19. The number of hydrogen-bond acceptors (Lipinski definition) is 8. The van der Waals surface area contributed by atoms with Crippen molar-refractivity contribution in [1.29, 1.82) is 0 Å². The molecule has 0 aliphatic rings. The Morgan fingerprint density at radius 2 is 2.03 bits per heavy atom. The van der Waals surface area contributed by atoms with E-state index in [2.05, 4.69) is 20.4 Å². The number of fused-ring (bicyclic) bond motifs is 1. The van der Waals surface area contributed by atoms with Crippen LogP contribution in [0.25, 0.3) is 11.0 Å². The van der Waals surface area contributed by atoms with Crippen LogP contribution < -0.4 is 10.1 Å². The number of carbonyl (C=O) groups excluding carboxylic acids is 1. The van der Waals surface area contributed by atoms with Crippen LogP contribution in [-0.4, -0.2) is 48.8 Å². The Labute approximate surface area is 167 Å². The maximum absolute atomic E-state index is 11.9. The van der Waals surface area contributed by atoms with Crippen LogP contribution in [0.5, 0.6) is 11.6 Å². The zero-order valence-electron chi connectivity index (χ0n) is 16.6. The number of rotatable bonds is 5. The van der Waals surface area contributed by atoms with Crippen molar-refractivity contribution in [2.75, 3.05) is 12.4 Å². The van der Waals surface area contributed by atoms with E-state index in [1.54, 1.807) is 32.9 Å². The quantitative estimate of drug-likeness (QED) is 0.594. The van der Waals surface area contributed by atoms with Gasteiger partial charge in [-0.15, -0.1) is 0 Å². The van der Waals surface area contributed by atoms with E-state index in [9.17, 15) is 15.0 Å². The number of aliphatic hydroxyl groups is 1. The molecule has 0 fully saturated rings. The Bertz CT molecular complexity index is 1040. The fourth-order valence-electron chi connectivity index (χ4n) is 2.73. The van der Waals surface area contributed by atoms with Gasteiger partial charge in [-0.1, -0.05) is 12.1 Å². The second-order valence-electron chi connectivity index (χ2n) is 7.34. The Hall–Kier alpha value is -3.40. The van der Waals surface area contributed by atoms with Gasteiger partial charge in [0.15, 0.2) is 0 Å². The van der Waals surface area contributed by atoms with Gasteiger partial charge in [0.25, 0.3) is 0 Å². The predicted molar refractivity (Wildman–Crippen MR) is 105 cm³/mol. The minimum atomic E-state index is -0.725. The Morgan fingerprint density at radius 1 is 1.28 bits per heavy atom. The maximum atomic E-state index is 11.9. The molecular weight excluding hydrogens is 378 g/mol. The number of amides is 1. The summed E-state index contributed by atoms with van der Waals surface area (Å²) in [5, 5.41) is 26.3. The lowest BCUT2D eigenvalue weighted by molar-refractivity contribution is 0.0634. The Balaban J connectivity index is 1.88. The molecule has 0 aliphatic carbocycles. The van der Waals surface area contributed by atoms with E-state index in [0.717, 1.165) is 11.1 Å². The highest BCUT2D eigenvalue weighted by atomic mass is 16.6. The summed E-state index contributed by atoms with van der Waals surface area (Å²) in [6, 6.07) is 5.33. The first-order valence-electron chi connectivity index (χ1n) is 8.89. The van der Waals surface area contributed by atoms with E-state index >= 15 is 0 Å². The summed E-state index contributed by atoms with van der Waals surface area (Å²) in [4.78, 5) is 20.0.